The van der Waals surface area contributed by atoms with Gasteiger partial charge in [0.1, 0.15) is 5.76 Å². The van der Waals surface area contributed by atoms with E-state index in [1.54, 1.807) is 0 Å². The van der Waals surface area contributed by atoms with E-state index in [1.807, 2.05) is 26.0 Å². The Morgan fingerprint density at radius 2 is 2.05 bits per heavy atom. The second-order valence-electron chi connectivity index (χ2n) is 5.42. The fraction of sp³-hybridized carbons (Fsp3) is 0.438. The zero-order valence-corrected chi connectivity index (χ0v) is 13.6. The maximum atomic E-state index is 6.16. The third-order valence-corrected chi connectivity index (χ3v) is 4.18. The number of nitrogens with zero attached hydrogens (tertiary/aromatic N) is 2. The summed E-state index contributed by atoms with van der Waals surface area (Å²) in [7, 11) is 0. The standard InChI is InChI=1S/C16H20ClN3O2/c1-11-14(12(2)22-19-11)10-18-15-9-13(17)3-4-16(15)20-5-7-21-8-6-20/h3-4,9,18H,5-8,10H2,1-2H3. The summed E-state index contributed by atoms with van der Waals surface area (Å²) in [5, 5.41) is 8.18. The molecule has 22 heavy (non-hydrogen) atoms. The van der Waals surface area contributed by atoms with Crippen LogP contribution in [0.15, 0.2) is 22.7 Å². The Morgan fingerprint density at radius 3 is 2.73 bits per heavy atom. The van der Waals surface area contributed by atoms with Crippen LogP contribution in [-0.2, 0) is 11.3 Å². The van der Waals surface area contributed by atoms with Gasteiger partial charge < -0.3 is 19.5 Å². The molecule has 2 heterocycles. The molecule has 3 rings (SSSR count). The molecule has 0 bridgehead atoms. The molecule has 118 valence electrons. The summed E-state index contributed by atoms with van der Waals surface area (Å²) >= 11 is 6.16. The predicted molar refractivity (Wildman–Crippen MR) is 87.8 cm³/mol. The molecule has 0 aliphatic carbocycles. The minimum absolute atomic E-state index is 0.666. The molecule has 0 atom stereocenters. The van der Waals surface area contributed by atoms with Gasteiger partial charge in [-0.2, -0.15) is 0 Å². The van der Waals surface area contributed by atoms with Gasteiger partial charge in [0.05, 0.1) is 30.3 Å². The highest BCUT2D eigenvalue weighted by Gasteiger charge is 2.16. The molecular weight excluding hydrogens is 302 g/mol. The first-order chi connectivity index (χ1) is 10.6. The average Bonchev–Trinajstić information content (AvgIpc) is 2.85. The van der Waals surface area contributed by atoms with E-state index in [2.05, 4.69) is 21.4 Å². The van der Waals surface area contributed by atoms with Crippen molar-refractivity contribution in [3.8, 4) is 0 Å². The molecule has 0 unspecified atom stereocenters. The van der Waals surface area contributed by atoms with Crippen molar-refractivity contribution in [2.24, 2.45) is 0 Å². The van der Waals surface area contributed by atoms with Crippen LogP contribution in [0.5, 0.6) is 0 Å². The third kappa shape index (κ3) is 3.20. The van der Waals surface area contributed by atoms with Crippen LogP contribution in [0.4, 0.5) is 11.4 Å². The van der Waals surface area contributed by atoms with Gasteiger partial charge in [0.15, 0.2) is 0 Å². The Kier molecular flexibility index (Phi) is 4.55. The van der Waals surface area contributed by atoms with Gasteiger partial charge in [-0.05, 0) is 32.0 Å². The summed E-state index contributed by atoms with van der Waals surface area (Å²) in [6, 6.07) is 5.95. The Balaban J connectivity index is 1.81. The molecule has 1 aliphatic rings. The van der Waals surface area contributed by atoms with E-state index in [1.165, 1.54) is 0 Å². The summed E-state index contributed by atoms with van der Waals surface area (Å²) < 4.78 is 10.6. The number of aromatic nitrogens is 1. The molecule has 5 nitrogen and oxygen atoms in total. The van der Waals surface area contributed by atoms with Crippen molar-refractivity contribution in [2.75, 3.05) is 36.5 Å². The normalized spacial score (nSPS) is 15.1. The zero-order chi connectivity index (χ0) is 15.5. The Bertz CT molecular complexity index is 631. The SMILES string of the molecule is Cc1noc(C)c1CNc1cc(Cl)ccc1N1CCOCC1. The molecule has 1 saturated heterocycles. The predicted octanol–water partition coefficient (Wildman–Crippen LogP) is 3.39. The summed E-state index contributed by atoms with van der Waals surface area (Å²) in [5.74, 6) is 0.847. The van der Waals surface area contributed by atoms with Gasteiger partial charge in [-0.1, -0.05) is 16.8 Å². The van der Waals surface area contributed by atoms with Gasteiger partial charge in [0.25, 0.3) is 0 Å². The smallest absolute Gasteiger partial charge is 0.138 e. The van der Waals surface area contributed by atoms with Gasteiger partial charge in [-0.25, -0.2) is 0 Å². The first kappa shape index (κ1) is 15.2. The van der Waals surface area contributed by atoms with Gasteiger partial charge in [-0.3, -0.25) is 0 Å². The lowest BCUT2D eigenvalue weighted by Gasteiger charge is -2.30. The van der Waals surface area contributed by atoms with E-state index in [4.69, 9.17) is 20.9 Å². The highest BCUT2D eigenvalue weighted by atomic mass is 35.5. The number of rotatable bonds is 4. The second kappa shape index (κ2) is 6.58. The number of anilines is 2. The Labute approximate surface area is 135 Å². The van der Waals surface area contributed by atoms with Crippen LogP contribution in [-0.4, -0.2) is 31.5 Å². The van der Waals surface area contributed by atoms with Crippen molar-refractivity contribution in [2.45, 2.75) is 20.4 Å². The van der Waals surface area contributed by atoms with Gasteiger partial charge >= 0.3 is 0 Å². The van der Waals surface area contributed by atoms with E-state index in [-0.39, 0.29) is 0 Å². The molecule has 1 aliphatic heterocycles. The van der Waals surface area contributed by atoms with Crippen LogP contribution >= 0.6 is 11.6 Å². The van der Waals surface area contributed by atoms with Crippen LogP contribution in [0.3, 0.4) is 0 Å². The third-order valence-electron chi connectivity index (χ3n) is 3.95. The van der Waals surface area contributed by atoms with Crippen LogP contribution in [0.1, 0.15) is 17.0 Å². The van der Waals surface area contributed by atoms with E-state index < -0.39 is 0 Å². The minimum atomic E-state index is 0.666. The molecule has 2 aromatic rings. The van der Waals surface area contributed by atoms with Crippen LogP contribution in [0, 0.1) is 13.8 Å². The summed E-state index contributed by atoms with van der Waals surface area (Å²) in [6.45, 7) is 7.84. The topological polar surface area (TPSA) is 50.5 Å². The van der Waals surface area contributed by atoms with Gasteiger partial charge in [0.2, 0.25) is 0 Å². The maximum absolute atomic E-state index is 6.16. The fourth-order valence-electron chi connectivity index (χ4n) is 2.67. The minimum Gasteiger partial charge on any atom is -0.379 e. The van der Waals surface area contributed by atoms with Crippen molar-refractivity contribution < 1.29 is 9.26 Å². The van der Waals surface area contributed by atoms with E-state index in [0.29, 0.717) is 6.54 Å². The number of halogens is 1. The fourth-order valence-corrected chi connectivity index (χ4v) is 2.84. The Morgan fingerprint density at radius 1 is 1.27 bits per heavy atom. The molecule has 1 aromatic heterocycles. The lowest BCUT2D eigenvalue weighted by atomic mass is 10.2. The van der Waals surface area contributed by atoms with Crippen molar-refractivity contribution >= 4 is 23.0 Å². The maximum Gasteiger partial charge on any atom is 0.138 e. The van der Waals surface area contributed by atoms with Gasteiger partial charge in [-0.15, -0.1) is 0 Å². The van der Waals surface area contributed by atoms with E-state index in [0.717, 1.165) is 59.7 Å². The number of aryl methyl sites for hydroxylation is 2. The number of benzene rings is 1. The molecule has 1 N–H and O–H groups in total. The highest BCUT2D eigenvalue weighted by Crippen LogP contribution is 2.30. The molecular formula is C16H20ClN3O2. The first-order valence-corrected chi connectivity index (χ1v) is 7.81. The number of ether oxygens (including phenoxy) is 1. The molecule has 0 spiro atoms. The first-order valence-electron chi connectivity index (χ1n) is 7.43. The van der Waals surface area contributed by atoms with Gasteiger partial charge in [0, 0.05) is 30.2 Å². The monoisotopic (exact) mass is 321 g/mol. The number of hydrogen-bond donors (Lipinski definition) is 1. The second-order valence-corrected chi connectivity index (χ2v) is 5.85. The number of nitrogens with one attached hydrogen (secondary N) is 1. The molecule has 1 fully saturated rings. The molecule has 1 aromatic carbocycles. The summed E-state index contributed by atoms with van der Waals surface area (Å²) in [5.41, 5.74) is 4.18. The Hall–Kier alpha value is -1.72. The number of hydrogen-bond acceptors (Lipinski definition) is 5. The molecule has 0 saturated carbocycles. The van der Waals surface area contributed by atoms with Crippen LogP contribution < -0.4 is 10.2 Å². The lowest BCUT2D eigenvalue weighted by Crippen LogP contribution is -2.36. The largest absolute Gasteiger partial charge is 0.379 e. The number of morpholine rings is 1. The van der Waals surface area contributed by atoms with Crippen molar-refractivity contribution in [1.29, 1.82) is 0 Å². The highest BCUT2D eigenvalue weighted by molar-refractivity contribution is 6.31. The summed E-state index contributed by atoms with van der Waals surface area (Å²) in [6.07, 6.45) is 0. The van der Waals surface area contributed by atoms with Crippen molar-refractivity contribution in [3.63, 3.8) is 0 Å². The molecule has 6 heteroatoms. The van der Waals surface area contributed by atoms with E-state index >= 15 is 0 Å². The van der Waals surface area contributed by atoms with Crippen LogP contribution in [0.25, 0.3) is 0 Å². The van der Waals surface area contributed by atoms with Crippen LogP contribution in [0.2, 0.25) is 5.02 Å². The average molecular weight is 322 g/mol. The van der Waals surface area contributed by atoms with Crippen molar-refractivity contribution in [1.82, 2.24) is 5.16 Å². The summed E-state index contributed by atoms with van der Waals surface area (Å²) in [4.78, 5) is 2.31. The van der Waals surface area contributed by atoms with Crippen molar-refractivity contribution in [3.05, 3.63) is 40.2 Å². The zero-order valence-electron chi connectivity index (χ0n) is 12.9. The quantitative estimate of drug-likeness (QED) is 0.935. The van der Waals surface area contributed by atoms with E-state index in [9.17, 15) is 0 Å². The molecule has 0 radical (unpaired) electrons. The lowest BCUT2D eigenvalue weighted by molar-refractivity contribution is 0.123. The molecule has 0 amide bonds.